The van der Waals surface area contributed by atoms with E-state index in [1.807, 2.05) is 0 Å². The maximum Gasteiger partial charge on any atom is 0.412 e. The third kappa shape index (κ3) is 8.06. The van der Waals surface area contributed by atoms with Gasteiger partial charge in [0.15, 0.2) is 5.76 Å². The molecule has 48 heavy (non-hydrogen) atoms. The lowest BCUT2D eigenvalue weighted by Gasteiger charge is -2.19. The number of benzene rings is 3. The summed E-state index contributed by atoms with van der Waals surface area (Å²) < 4.78 is 31.3. The number of carboxylic acids is 1. The highest BCUT2D eigenvalue weighted by atomic mass is 19.1. The molecule has 0 radical (unpaired) electrons. The Labute approximate surface area is 271 Å². The summed E-state index contributed by atoms with van der Waals surface area (Å²) in [4.78, 5) is 51.3. The summed E-state index contributed by atoms with van der Waals surface area (Å²) in [6.07, 6.45) is -0.866. The molecular formula is C33H28FN5O9. The van der Waals surface area contributed by atoms with Gasteiger partial charge in [0, 0.05) is 35.4 Å². The number of nitro groups is 1. The fraction of sp³-hybridized carbons (Fsp3) is 0.182. The number of hydrogen-bond donors (Lipinski definition) is 3. The lowest BCUT2D eigenvalue weighted by atomic mass is 10.0. The third-order valence-electron chi connectivity index (χ3n) is 6.71. The highest BCUT2D eigenvalue weighted by molar-refractivity contribution is 5.95. The summed E-state index contributed by atoms with van der Waals surface area (Å²) in [6.45, 7) is 5.25. The van der Waals surface area contributed by atoms with Crippen molar-refractivity contribution in [2.45, 2.75) is 38.8 Å². The molecule has 1 unspecified atom stereocenters. The van der Waals surface area contributed by atoms with Crippen molar-refractivity contribution in [3.8, 4) is 34.2 Å². The molecule has 5 rings (SSSR count). The molecule has 3 aromatic carbocycles. The molecule has 2 amide bonds. The average molecular weight is 658 g/mol. The van der Waals surface area contributed by atoms with Crippen LogP contribution in [-0.2, 0) is 16.0 Å². The van der Waals surface area contributed by atoms with Crippen molar-refractivity contribution in [1.29, 1.82) is 0 Å². The van der Waals surface area contributed by atoms with E-state index in [1.54, 1.807) is 45.0 Å². The number of nitrogens with one attached hydrogen (secondary N) is 2. The lowest BCUT2D eigenvalue weighted by molar-refractivity contribution is -0.384. The molecule has 0 fully saturated rings. The number of non-ortho nitro benzene ring substituents is 1. The Morgan fingerprint density at radius 1 is 1.00 bits per heavy atom. The quantitative estimate of drug-likeness (QED) is 0.110. The van der Waals surface area contributed by atoms with Crippen molar-refractivity contribution in [2.24, 2.45) is 0 Å². The van der Waals surface area contributed by atoms with E-state index in [0.717, 1.165) is 6.07 Å². The summed E-state index contributed by atoms with van der Waals surface area (Å²) in [5.74, 6) is -2.80. The number of hydrogen-bond acceptors (Lipinski definition) is 10. The van der Waals surface area contributed by atoms with Gasteiger partial charge >= 0.3 is 12.1 Å². The highest BCUT2D eigenvalue weighted by Gasteiger charge is 2.24. The van der Waals surface area contributed by atoms with Crippen LogP contribution in [0.15, 0.2) is 87.8 Å². The van der Waals surface area contributed by atoms with E-state index >= 15 is 4.39 Å². The second-order valence-electron chi connectivity index (χ2n) is 11.5. The second-order valence-corrected chi connectivity index (χ2v) is 11.5. The van der Waals surface area contributed by atoms with Gasteiger partial charge in [0.2, 0.25) is 5.82 Å². The zero-order valence-electron chi connectivity index (χ0n) is 25.7. The number of furan rings is 1. The summed E-state index contributed by atoms with van der Waals surface area (Å²) in [6, 6.07) is 17.3. The van der Waals surface area contributed by atoms with Crippen molar-refractivity contribution in [2.75, 3.05) is 5.32 Å². The van der Waals surface area contributed by atoms with E-state index < -0.39 is 40.4 Å². The summed E-state index contributed by atoms with van der Waals surface area (Å²) in [5.41, 5.74) is 0.965. The monoisotopic (exact) mass is 657 g/mol. The minimum Gasteiger partial charge on any atom is -0.480 e. The number of nitro benzene ring substituents is 1. The lowest BCUT2D eigenvalue weighted by Crippen LogP contribution is -2.42. The number of rotatable bonds is 10. The van der Waals surface area contributed by atoms with Gasteiger partial charge in [-0.25, -0.2) is 14.0 Å². The molecule has 14 nitrogen and oxygen atoms in total. The smallest absolute Gasteiger partial charge is 0.412 e. The Bertz CT molecular complexity index is 1980. The van der Waals surface area contributed by atoms with Crippen LogP contribution in [0.25, 0.3) is 34.2 Å². The first-order valence-corrected chi connectivity index (χ1v) is 14.4. The minimum absolute atomic E-state index is 0.00207. The van der Waals surface area contributed by atoms with Gasteiger partial charge in [0.05, 0.1) is 10.5 Å². The molecule has 15 heteroatoms. The number of carbonyl (C=O) groups is 3. The Kier molecular flexibility index (Phi) is 9.31. The van der Waals surface area contributed by atoms with Crippen LogP contribution in [0.3, 0.4) is 0 Å². The van der Waals surface area contributed by atoms with Crippen molar-refractivity contribution < 1.29 is 42.5 Å². The zero-order chi connectivity index (χ0) is 34.6. The molecule has 0 aliphatic rings. The molecule has 2 heterocycles. The van der Waals surface area contributed by atoms with E-state index in [9.17, 15) is 29.6 Å². The second kappa shape index (κ2) is 13.5. The molecule has 0 spiro atoms. The van der Waals surface area contributed by atoms with E-state index in [4.69, 9.17) is 13.7 Å². The van der Waals surface area contributed by atoms with E-state index in [-0.39, 0.29) is 46.5 Å². The first-order chi connectivity index (χ1) is 22.8. The molecule has 0 saturated carbocycles. The van der Waals surface area contributed by atoms with Gasteiger partial charge in [-0.3, -0.25) is 20.2 Å². The first-order valence-electron chi connectivity index (χ1n) is 14.4. The maximum absolute atomic E-state index is 15.2. The predicted octanol–water partition coefficient (Wildman–Crippen LogP) is 6.48. The summed E-state index contributed by atoms with van der Waals surface area (Å²) >= 11 is 0. The molecule has 3 N–H and O–H groups in total. The fourth-order valence-electron chi connectivity index (χ4n) is 4.46. The predicted molar refractivity (Wildman–Crippen MR) is 168 cm³/mol. The average Bonchev–Trinajstić information content (AvgIpc) is 3.71. The topological polar surface area (TPSA) is 200 Å². The summed E-state index contributed by atoms with van der Waals surface area (Å²) in [5, 5.41) is 29.5. The SMILES string of the molecule is CC(C)(C)OC(=O)Nc1ccc(-c2nc(-c3ccc(CC(NC(=O)c4ccc(-c5ccc([N+](=O)[O-])cc5)o4)C(=O)O)cc3F)no2)cc1. The number of amides is 2. The number of aromatic nitrogens is 2. The Morgan fingerprint density at radius 2 is 1.69 bits per heavy atom. The Morgan fingerprint density at radius 3 is 2.31 bits per heavy atom. The normalized spacial score (nSPS) is 11.8. The minimum atomic E-state index is -1.43. The molecule has 5 aromatic rings. The van der Waals surface area contributed by atoms with E-state index in [0.29, 0.717) is 16.8 Å². The summed E-state index contributed by atoms with van der Waals surface area (Å²) in [7, 11) is 0. The third-order valence-corrected chi connectivity index (χ3v) is 6.71. The van der Waals surface area contributed by atoms with Crippen molar-refractivity contribution in [3.05, 3.63) is 106 Å². The Balaban J connectivity index is 1.23. The number of carbonyl (C=O) groups excluding carboxylic acids is 2. The van der Waals surface area contributed by atoms with Crippen LogP contribution in [0.5, 0.6) is 0 Å². The highest BCUT2D eigenvalue weighted by Crippen LogP contribution is 2.27. The molecule has 0 saturated heterocycles. The van der Waals surface area contributed by atoms with Gasteiger partial charge in [-0.1, -0.05) is 11.2 Å². The Hall–Kier alpha value is -6.38. The zero-order valence-corrected chi connectivity index (χ0v) is 25.7. The maximum atomic E-state index is 15.2. The first kappa shape index (κ1) is 33.0. The molecule has 246 valence electrons. The van der Waals surface area contributed by atoms with Gasteiger partial charge in [0.25, 0.3) is 17.5 Å². The van der Waals surface area contributed by atoms with Gasteiger partial charge < -0.3 is 24.1 Å². The molecular weight excluding hydrogens is 629 g/mol. The van der Waals surface area contributed by atoms with Crippen LogP contribution in [0.1, 0.15) is 36.9 Å². The number of ether oxygens (including phenoxy) is 1. The van der Waals surface area contributed by atoms with Crippen molar-refractivity contribution >= 4 is 29.3 Å². The largest absolute Gasteiger partial charge is 0.480 e. The van der Waals surface area contributed by atoms with Gasteiger partial charge in [0.1, 0.15) is 23.2 Å². The molecule has 0 aliphatic carbocycles. The number of nitrogens with zero attached hydrogens (tertiary/aromatic N) is 3. The van der Waals surface area contributed by atoms with Gasteiger partial charge in [-0.2, -0.15) is 4.98 Å². The van der Waals surface area contributed by atoms with Gasteiger partial charge in [-0.15, -0.1) is 0 Å². The van der Waals surface area contributed by atoms with E-state index in [1.165, 1.54) is 48.5 Å². The van der Waals surface area contributed by atoms with Crippen LogP contribution < -0.4 is 10.6 Å². The number of halogens is 1. The van der Waals surface area contributed by atoms with E-state index in [2.05, 4.69) is 20.8 Å². The fourth-order valence-corrected chi connectivity index (χ4v) is 4.46. The van der Waals surface area contributed by atoms with Crippen LogP contribution in [0.4, 0.5) is 20.6 Å². The van der Waals surface area contributed by atoms with Gasteiger partial charge in [-0.05, 0) is 87.0 Å². The molecule has 2 aromatic heterocycles. The molecule has 1 atom stereocenters. The van der Waals surface area contributed by atoms with Crippen LogP contribution in [-0.4, -0.2) is 49.8 Å². The number of carboxylic acid groups (broad SMARTS) is 1. The standard InChI is InChI=1S/C33H28FN5O9/c1-33(2,3)47-32(43)35-21-9-5-20(6-10-21)30-37-28(38-48-30)23-13-4-18(16-24(23)34)17-25(31(41)42)36-29(40)27-15-14-26(46-27)19-7-11-22(12-8-19)39(44)45/h4-16,25H,17H2,1-3H3,(H,35,43)(H,36,40)(H,41,42). The van der Waals surface area contributed by atoms with Crippen molar-refractivity contribution in [3.63, 3.8) is 0 Å². The molecule has 0 bridgehead atoms. The number of aliphatic carboxylic acids is 1. The van der Waals surface area contributed by atoms with Crippen LogP contribution in [0, 0.1) is 15.9 Å². The molecule has 0 aliphatic heterocycles. The number of anilines is 1. The van der Waals surface area contributed by atoms with Crippen molar-refractivity contribution in [1.82, 2.24) is 15.5 Å². The van der Waals surface area contributed by atoms with Crippen LogP contribution in [0.2, 0.25) is 0 Å². The van der Waals surface area contributed by atoms with Crippen LogP contribution >= 0.6 is 0 Å².